The van der Waals surface area contributed by atoms with Crippen LogP contribution in [0.4, 0.5) is 5.69 Å². The zero-order valence-corrected chi connectivity index (χ0v) is 14.7. The zero-order chi connectivity index (χ0) is 19.3. The minimum atomic E-state index is -0.430. The van der Waals surface area contributed by atoms with Crippen molar-refractivity contribution in [3.8, 4) is 11.5 Å². The van der Waals surface area contributed by atoms with Gasteiger partial charge < -0.3 is 20.1 Å². The van der Waals surface area contributed by atoms with Crippen LogP contribution in [-0.2, 0) is 6.54 Å². The van der Waals surface area contributed by atoms with Gasteiger partial charge in [0.05, 0.1) is 0 Å². The van der Waals surface area contributed by atoms with Crippen molar-refractivity contribution in [3.05, 3.63) is 77.9 Å². The summed E-state index contributed by atoms with van der Waals surface area (Å²) in [4.78, 5) is 32.9. The van der Waals surface area contributed by atoms with Crippen LogP contribution in [-0.4, -0.2) is 28.6 Å². The molecule has 2 aromatic heterocycles. The highest BCUT2D eigenvalue weighted by atomic mass is 16.7. The molecule has 0 radical (unpaired) electrons. The molecule has 8 nitrogen and oxygen atoms in total. The van der Waals surface area contributed by atoms with Crippen LogP contribution in [0, 0.1) is 0 Å². The van der Waals surface area contributed by atoms with Crippen LogP contribution < -0.4 is 20.1 Å². The van der Waals surface area contributed by atoms with Gasteiger partial charge in [0.15, 0.2) is 11.5 Å². The number of fused-ring (bicyclic) bond motifs is 1. The Morgan fingerprint density at radius 3 is 2.75 bits per heavy atom. The first-order valence-corrected chi connectivity index (χ1v) is 8.53. The topological polar surface area (TPSA) is 102 Å². The number of pyridine rings is 2. The minimum absolute atomic E-state index is 0.131. The van der Waals surface area contributed by atoms with Crippen molar-refractivity contribution < 1.29 is 19.1 Å². The molecule has 0 atom stereocenters. The van der Waals surface area contributed by atoms with Gasteiger partial charge in [-0.25, -0.2) is 0 Å². The number of carbonyl (C=O) groups excluding carboxylic acids is 2. The van der Waals surface area contributed by atoms with E-state index in [1.807, 2.05) is 6.07 Å². The lowest BCUT2D eigenvalue weighted by atomic mass is 10.2. The second-order valence-electron chi connectivity index (χ2n) is 6.00. The Morgan fingerprint density at radius 1 is 1.00 bits per heavy atom. The normalized spacial score (nSPS) is 11.7. The fourth-order valence-electron chi connectivity index (χ4n) is 2.65. The molecule has 0 saturated carbocycles. The van der Waals surface area contributed by atoms with Crippen molar-refractivity contribution in [3.63, 3.8) is 0 Å². The first kappa shape index (κ1) is 17.5. The molecule has 1 aliphatic heterocycles. The molecule has 8 heteroatoms. The molecule has 28 heavy (non-hydrogen) atoms. The molecule has 0 aliphatic carbocycles. The Bertz CT molecular complexity index is 1020. The van der Waals surface area contributed by atoms with E-state index in [-0.39, 0.29) is 18.4 Å². The number of benzene rings is 1. The lowest BCUT2D eigenvalue weighted by Crippen LogP contribution is -2.23. The highest BCUT2D eigenvalue weighted by molar-refractivity contribution is 6.04. The quantitative estimate of drug-likeness (QED) is 0.709. The lowest BCUT2D eigenvalue weighted by molar-refractivity contribution is 0.0950. The monoisotopic (exact) mass is 376 g/mol. The SMILES string of the molecule is O=C(NCc1cccnc1)c1ccnc(C(=O)Nc2ccc3c(c2)OCO3)c1. The van der Waals surface area contributed by atoms with Crippen LogP contribution in [0.25, 0.3) is 0 Å². The van der Waals surface area contributed by atoms with Gasteiger partial charge in [-0.2, -0.15) is 0 Å². The van der Waals surface area contributed by atoms with Gasteiger partial charge in [-0.05, 0) is 35.9 Å². The maximum Gasteiger partial charge on any atom is 0.274 e. The van der Waals surface area contributed by atoms with E-state index in [4.69, 9.17) is 9.47 Å². The first-order valence-electron chi connectivity index (χ1n) is 8.53. The number of amides is 2. The van der Waals surface area contributed by atoms with Crippen molar-refractivity contribution in [2.24, 2.45) is 0 Å². The predicted molar refractivity (Wildman–Crippen MR) is 100 cm³/mol. The first-order chi connectivity index (χ1) is 13.7. The molecule has 0 spiro atoms. The predicted octanol–water partition coefficient (Wildman–Crippen LogP) is 2.39. The van der Waals surface area contributed by atoms with E-state index < -0.39 is 5.91 Å². The van der Waals surface area contributed by atoms with E-state index in [0.29, 0.717) is 29.3 Å². The third-order valence-electron chi connectivity index (χ3n) is 4.06. The van der Waals surface area contributed by atoms with E-state index in [9.17, 15) is 9.59 Å². The zero-order valence-electron chi connectivity index (χ0n) is 14.7. The summed E-state index contributed by atoms with van der Waals surface area (Å²) < 4.78 is 10.5. The molecular weight excluding hydrogens is 360 g/mol. The van der Waals surface area contributed by atoms with Crippen LogP contribution >= 0.6 is 0 Å². The number of aromatic nitrogens is 2. The molecule has 0 bridgehead atoms. The molecule has 0 unspecified atom stereocenters. The van der Waals surface area contributed by atoms with Gasteiger partial charge >= 0.3 is 0 Å². The van der Waals surface area contributed by atoms with Gasteiger partial charge in [-0.15, -0.1) is 0 Å². The maximum absolute atomic E-state index is 12.5. The van der Waals surface area contributed by atoms with Crippen LogP contribution in [0.15, 0.2) is 61.1 Å². The van der Waals surface area contributed by atoms with E-state index >= 15 is 0 Å². The smallest absolute Gasteiger partial charge is 0.274 e. The molecule has 1 aliphatic rings. The highest BCUT2D eigenvalue weighted by Gasteiger charge is 2.16. The van der Waals surface area contributed by atoms with Crippen LogP contribution in [0.1, 0.15) is 26.4 Å². The summed E-state index contributed by atoms with van der Waals surface area (Å²) in [6, 6.07) is 11.8. The molecule has 0 saturated heterocycles. The van der Waals surface area contributed by atoms with E-state index in [1.54, 1.807) is 42.7 Å². The number of nitrogens with one attached hydrogen (secondary N) is 2. The Hall–Kier alpha value is -3.94. The van der Waals surface area contributed by atoms with Crippen molar-refractivity contribution in [2.75, 3.05) is 12.1 Å². The average Bonchev–Trinajstić information content (AvgIpc) is 3.21. The Labute approximate surface area is 160 Å². The summed E-state index contributed by atoms with van der Waals surface area (Å²) in [5.74, 6) is 0.460. The van der Waals surface area contributed by atoms with Crippen LogP contribution in [0.5, 0.6) is 11.5 Å². The Balaban J connectivity index is 1.42. The molecule has 2 amide bonds. The number of ether oxygens (including phenoxy) is 2. The molecule has 140 valence electrons. The van der Waals surface area contributed by atoms with Crippen LogP contribution in [0.2, 0.25) is 0 Å². The van der Waals surface area contributed by atoms with Crippen molar-refractivity contribution >= 4 is 17.5 Å². The third kappa shape index (κ3) is 3.90. The summed E-state index contributed by atoms with van der Waals surface area (Å²) in [6.07, 6.45) is 4.77. The van der Waals surface area contributed by atoms with Gasteiger partial charge in [-0.3, -0.25) is 19.6 Å². The second-order valence-corrected chi connectivity index (χ2v) is 6.00. The number of carbonyl (C=O) groups is 2. The van der Waals surface area contributed by atoms with Crippen molar-refractivity contribution in [2.45, 2.75) is 6.54 Å². The number of hydrogen-bond acceptors (Lipinski definition) is 6. The molecule has 2 N–H and O–H groups in total. The fourth-order valence-corrected chi connectivity index (χ4v) is 2.65. The van der Waals surface area contributed by atoms with Gasteiger partial charge in [-0.1, -0.05) is 6.07 Å². The number of hydrogen-bond donors (Lipinski definition) is 2. The number of nitrogens with zero attached hydrogens (tertiary/aromatic N) is 2. The average molecular weight is 376 g/mol. The van der Waals surface area contributed by atoms with Gasteiger partial charge in [0.2, 0.25) is 6.79 Å². The lowest BCUT2D eigenvalue weighted by Gasteiger charge is -2.08. The summed E-state index contributed by atoms with van der Waals surface area (Å²) in [5.41, 5.74) is 1.90. The van der Waals surface area contributed by atoms with Crippen molar-refractivity contribution in [1.82, 2.24) is 15.3 Å². The minimum Gasteiger partial charge on any atom is -0.454 e. The van der Waals surface area contributed by atoms with E-state index in [0.717, 1.165) is 5.56 Å². The van der Waals surface area contributed by atoms with Gasteiger partial charge in [0.25, 0.3) is 11.8 Å². The highest BCUT2D eigenvalue weighted by Crippen LogP contribution is 2.34. The molecule has 4 rings (SSSR count). The van der Waals surface area contributed by atoms with Gasteiger partial charge in [0, 0.05) is 42.5 Å². The van der Waals surface area contributed by atoms with E-state index in [1.165, 1.54) is 12.3 Å². The molecular formula is C20H16N4O4. The molecule has 0 fully saturated rings. The molecule has 3 aromatic rings. The maximum atomic E-state index is 12.5. The Morgan fingerprint density at radius 2 is 1.89 bits per heavy atom. The van der Waals surface area contributed by atoms with E-state index in [2.05, 4.69) is 20.6 Å². The summed E-state index contributed by atoms with van der Waals surface area (Å²) >= 11 is 0. The molecule has 3 heterocycles. The summed E-state index contributed by atoms with van der Waals surface area (Å²) in [5, 5.41) is 5.53. The third-order valence-corrected chi connectivity index (χ3v) is 4.06. The molecule has 1 aromatic carbocycles. The number of anilines is 1. The summed E-state index contributed by atoms with van der Waals surface area (Å²) in [7, 11) is 0. The van der Waals surface area contributed by atoms with Crippen LogP contribution in [0.3, 0.4) is 0 Å². The summed E-state index contributed by atoms with van der Waals surface area (Å²) in [6.45, 7) is 0.498. The number of rotatable bonds is 5. The van der Waals surface area contributed by atoms with Gasteiger partial charge in [0.1, 0.15) is 5.69 Å². The Kier molecular flexibility index (Phi) is 4.83. The second kappa shape index (κ2) is 7.75. The standard InChI is InChI=1S/C20H16N4O4/c25-19(23-11-13-2-1-6-21-10-13)14-5-7-22-16(8-14)20(26)24-15-3-4-17-18(9-15)28-12-27-17/h1-10H,11-12H2,(H,23,25)(H,24,26). The largest absolute Gasteiger partial charge is 0.454 e. The fraction of sp³-hybridized carbons (Fsp3) is 0.100. The van der Waals surface area contributed by atoms with Crippen molar-refractivity contribution in [1.29, 1.82) is 0 Å².